The first-order chi connectivity index (χ1) is 8.93. The Kier molecular flexibility index (Phi) is 4.59. The minimum absolute atomic E-state index is 0.185. The van der Waals surface area contributed by atoms with Crippen molar-refractivity contribution in [3.05, 3.63) is 0 Å². The molecule has 0 amide bonds. The lowest BCUT2D eigenvalue weighted by molar-refractivity contribution is 0.00692. The fraction of sp³-hybridized carbons (Fsp3) is 1.00. The molecule has 3 nitrogen and oxygen atoms in total. The molecule has 0 spiro atoms. The van der Waals surface area contributed by atoms with E-state index in [1.165, 1.54) is 25.7 Å². The third-order valence-electron chi connectivity index (χ3n) is 5.37. The van der Waals surface area contributed by atoms with Crippen LogP contribution in [0.3, 0.4) is 0 Å². The summed E-state index contributed by atoms with van der Waals surface area (Å²) in [5.74, 6) is 0.675. The quantitative estimate of drug-likeness (QED) is 0.833. The second kappa shape index (κ2) is 5.71. The highest BCUT2D eigenvalue weighted by Crippen LogP contribution is 2.50. The Bertz CT molecular complexity index is 299. The molecule has 1 saturated heterocycles. The van der Waals surface area contributed by atoms with Gasteiger partial charge in [0.05, 0.1) is 6.10 Å². The van der Waals surface area contributed by atoms with Crippen LogP contribution < -0.4 is 5.73 Å². The summed E-state index contributed by atoms with van der Waals surface area (Å²) in [6.07, 6.45) is 5.37. The maximum atomic E-state index is 6.25. The highest BCUT2D eigenvalue weighted by molar-refractivity contribution is 5.06. The molecule has 1 aliphatic heterocycles. The van der Waals surface area contributed by atoms with Gasteiger partial charge in [-0.15, -0.1) is 0 Å². The molecule has 0 aromatic rings. The predicted molar refractivity (Wildman–Crippen MR) is 80.2 cm³/mol. The van der Waals surface area contributed by atoms with Gasteiger partial charge in [0.15, 0.2) is 0 Å². The molecule has 1 aliphatic carbocycles. The summed E-state index contributed by atoms with van der Waals surface area (Å²) >= 11 is 0. The molecule has 3 atom stereocenters. The topological polar surface area (TPSA) is 38.5 Å². The van der Waals surface area contributed by atoms with E-state index in [1.54, 1.807) is 0 Å². The third-order valence-corrected chi connectivity index (χ3v) is 5.37. The van der Waals surface area contributed by atoms with Crippen molar-refractivity contribution in [2.75, 3.05) is 26.2 Å². The summed E-state index contributed by atoms with van der Waals surface area (Å²) in [7, 11) is 0. The van der Waals surface area contributed by atoms with Crippen molar-refractivity contribution < 1.29 is 4.74 Å². The first kappa shape index (κ1) is 15.3. The van der Waals surface area contributed by atoms with E-state index < -0.39 is 0 Å². The van der Waals surface area contributed by atoms with Gasteiger partial charge in [-0.2, -0.15) is 0 Å². The van der Waals surface area contributed by atoms with Gasteiger partial charge in [0, 0.05) is 25.2 Å². The number of ether oxygens (including phenoxy) is 1. The molecule has 1 heterocycles. The fourth-order valence-electron chi connectivity index (χ4n) is 4.58. The SMILES string of the molecule is CCN(CC1CCCO1)C1(CN)CC(C)(C)CC1C. The van der Waals surface area contributed by atoms with Crippen LogP contribution in [0.1, 0.15) is 53.4 Å². The summed E-state index contributed by atoms with van der Waals surface area (Å²) in [6.45, 7) is 13.3. The molecular weight excluding hydrogens is 236 g/mol. The highest BCUT2D eigenvalue weighted by Gasteiger charge is 2.51. The number of likely N-dealkylation sites (N-methyl/N-ethyl adjacent to an activating group) is 1. The van der Waals surface area contributed by atoms with Crippen LogP contribution in [0.4, 0.5) is 0 Å². The van der Waals surface area contributed by atoms with Crippen LogP contribution in [-0.4, -0.2) is 42.8 Å². The molecule has 3 heteroatoms. The summed E-state index contributed by atoms with van der Waals surface area (Å²) in [5.41, 5.74) is 6.85. The Balaban J connectivity index is 2.13. The smallest absolute Gasteiger partial charge is 0.0703 e. The zero-order valence-electron chi connectivity index (χ0n) is 13.2. The number of nitrogens with zero attached hydrogens (tertiary/aromatic N) is 1. The molecule has 0 aromatic carbocycles. The summed E-state index contributed by atoms with van der Waals surface area (Å²) < 4.78 is 5.84. The lowest BCUT2D eigenvalue weighted by Gasteiger charge is -2.45. The Morgan fingerprint density at radius 3 is 2.53 bits per heavy atom. The van der Waals surface area contributed by atoms with Crippen molar-refractivity contribution in [3.8, 4) is 0 Å². The molecule has 0 bridgehead atoms. The molecule has 2 fully saturated rings. The molecule has 0 radical (unpaired) electrons. The maximum absolute atomic E-state index is 6.25. The molecule has 1 saturated carbocycles. The second-order valence-corrected chi connectivity index (χ2v) is 7.43. The summed E-state index contributed by atoms with van der Waals surface area (Å²) in [6, 6.07) is 0. The zero-order chi connectivity index (χ0) is 14.1. The van der Waals surface area contributed by atoms with Crippen molar-refractivity contribution in [1.29, 1.82) is 0 Å². The highest BCUT2D eigenvalue weighted by atomic mass is 16.5. The fourth-order valence-corrected chi connectivity index (χ4v) is 4.58. The predicted octanol–water partition coefficient (Wildman–Crippen LogP) is 2.64. The first-order valence-corrected chi connectivity index (χ1v) is 8.00. The lowest BCUT2D eigenvalue weighted by Crippen LogP contribution is -2.57. The van der Waals surface area contributed by atoms with Crippen LogP contribution in [0, 0.1) is 11.3 Å². The monoisotopic (exact) mass is 268 g/mol. The Labute approximate surface area is 118 Å². The Morgan fingerprint density at radius 2 is 2.11 bits per heavy atom. The van der Waals surface area contributed by atoms with Crippen molar-refractivity contribution in [1.82, 2.24) is 4.90 Å². The molecule has 2 N–H and O–H groups in total. The Hall–Kier alpha value is -0.120. The first-order valence-electron chi connectivity index (χ1n) is 8.00. The molecule has 2 rings (SSSR count). The van der Waals surface area contributed by atoms with Crippen molar-refractivity contribution >= 4 is 0 Å². The van der Waals surface area contributed by atoms with Gasteiger partial charge in [0.25, 0.3) is 0 Å². The molecule has 3 unspecified atom stereocenters. The van der Waals surface area contributed by atoms with E-state index in [9.17, 15) is 0 Å². The van der Waals surface area contributed by atoms with Gasteiger partial charge in [-0.1, -0.05) is 27.7 Å². The average Bonchev–Trinajstić information content (AvgIpc) is 2.92. The van der Waals surface area contributed by atoms with Crippen LogP contribution in [0.15, 0.2) is 0 Å². The van der Waals surface area contributed by atoms with Gasteiger partial charge in [-0.25, -0.2) is 0 Å². The molecule has 2 aliphatic rings. The van der Waals surface area contributed by atoms with Crippen LogP contribution in [-0.2, 0) is 4.74 Å². The lowest BCUT2D eigenvalue weighted by atomic mass is 9.84. The molecular formula is C16H32N2O. The van der Waals surface area contributed by atoms with Crippen molar-refractivity contribution in [2.24, 2.45) is 17.1 Å². The second-order valence-electron chi connectivity index (χ2n) is 7.43. The molecule has 112 valence electrons. The third kappa shape index (κ3) is 2.98. The number of rotatable bonds is 5. The largest absolute Gasteiger partial charge is 0.377 e. The molecule has 0 aromatic heterocycles. The molecule has 19 heavy (non-hydrogen) atoms. The normalized spacial score (nSPS) is 38.2. The number of nitrogens with two attached hydrogens (primary N) is 1. The maximum Gasteiger partial charge on any atom is 0.0703 e. The van der Waals surface area contributed by atoms with E-state index in [4.69, 9.17) is 10.5 Å². The summed E-state index contributed by atoms with van der Waals surface area (Å²) in [5, 5.41) is 0. The minimum Gasteiger partial charge on any atom is -0.377 e. The van der Waals surface area contributed by atoms with E-state index in [0.717, 1.165) is 26.2 Å². The van der Waals surface area contributed by atoms with E-state index in [1.807, 2.05) is 0 Å². The van der Waals surface area contributed by atoms with Gasteiger partial charge in [-0.3, -0.25) is 4.90 Å². The van der Waals surface area contributed by atoms with Gasteiger partial charge >= 0.3 is 0 Å². The number of hydrogen-bond donors (Lipinski definition) is 1. The standard InChI is InChI=1S/C16H32N2O/c1-5-18(10-14-7-6-8-19-14)16(12-17)11-15(3,4)9-13(16)2/h13-14H,5-12,17H2,1-4H3. The van der Waals surface area contributed by atoms with Crippen LogP contribution >= 0.6 is 0 Å². The van der Waals surface area contributed by atoms with Crippen molar-refractivity contribution in [3.63, 3.8) is 0 Å². The van der Waals surface area contributed by atoms with Gasteiger partial charge < -0.3 is 10.5 Å². The number of hydrogen-bond acceptors (Lipinski definition) is 3. The minimum atomic E-state index is 0.185. The van der Waals surface area contributed by atoms with E-state index in [2.05, 4.69) is 32.6 Å². The van der Waals surface area contributed by atoms with E-state index in [-0.39, 0.29) is 5.54 Å². The van der Waals surface area contributed by atoms with Crippen LogP contribution in [0.2, 0.25) is 0 Å². The van der Waals surface area contributed by atoms with Gasteiger partial charge in [0.1, 0.15) is 0 Å². The van der Waals surface area contributed by atoms with Crippen molar-refractivity contribution in [2.45, 2.75) is 65.0 Å². The zero-order valence-corrected chi connectivity index (χ0v) is 13.2. The Morgan fingerprint density at radius 1 is 1.37 bits per heavy atom. The average molecular weight is 268 g/mol. The van der Waals surface area contributed by atoms with Gasteiger partial charge in [-0.05, 0) is 43.6 Å². The van der Waals surface area contributed by atoms with Crippen LogP contribution in [0.5, 0.6) is 0 Å². The van der Waals surface area contributed by atoms with E-state index in [0.29, 0.717) is 17.4 Å². The van der Waals surface area contributed by atoms with E-state index >= 15 is 0 Å². The van der Waals surface area contributed by atoms with Crippen LogP contribution in [0.25, 0.3) is 0 Å². The summed E-state index contributed by atoms with van der Waals surface area (Å²) in [4.78, 5) is 2.63. The van der Waals surface area contributed by atoms with Gasteiger partial charge in [0.2, 0.25) is 0 Å².